The van der Waals surface area contributed by atoms with Crippen molar-refractivity contribution in [3.8, 4) is 6.07 Å². The number of rotatable bonds is 4. The molecule has 0 N–H and O–H groups in total. The first-order chi connectivity index (χ1) is 10.8. The molecule has 23 heavy (non-hydrogen) atoms. The average Bonchev–Trinajstić information content (AvgIpc) is 2.54. The maximum Gasteiger partial charge on any atom is 0.329 e. The molecule has 2 heterocycles. The summed E-state index contributed by atoms with van der Waals surface area (Å²) >= 11 is 0. The first-order valence-electron chi connectivity index (χ1n) is 7.32. The van der Waals surface area contributed by atoms with Gasteiger partial charge in [0.05, 0.1) is 15.4 Å². The Balaban J connectivity index is 2.53. The molecule has 1 aliphatic heterocycles. The summed E-state index contributed by atoms with van der Waals surface area (Å²) in [6.07, 6.45) is 2.19. The highest BCUT2D eigenvalue weighted by Crippen LogP contribution is 2.36. The molecule has 2 rings (SSSR count). The summed E-state index contributed by atoms with van der Waals surface area (Å²) < 4.78 is 24.0. The van der Waals surface area contributed by atoms with Crippen molar-refractivity contribution in [2.24, 2.45) is 0 Å². The van der Waals surface area contributed by atoms with Gasteiger partial charge in [-0.05, 0) is 18.9 Å². The molecule has 1 aliphatic rings. The number of aromatic nitrogens is 1. The number of nitrogens with zero attached hydrogens (tertiary/aromatic N) is 4. The van der Waals surface area contributed by atoms with Crippen LogP contribution in [-0.2, 0) is 9.84 Å². The van der Waals surface area contributed by atoms with Crippen molar-refractivity contribution in [2.45, 2.75) is 31.4 Å². The maximum absolute atomic E-state index is 12.5. The van der Waals surface area contributed by atoms with Gasteiger partial charge in [0.1, 0.15) is 11.6 Å². The van der Waals surface area contributed by atoms with E-state index >= 15 is 0 Å². The molecule has 0 amide bonds. The standard InChI is InChI=1S/C14H18N4O4S/c1-3-14(4-2)10-17(7-8-23(14,21)22)13-12(18(19)20)11(9-15)5-6-16-13/h5-6H,3-4,7-8,10H2,1-2H3. The van der Waals surface area contributed by atoms with Crippen molar-refractivity contribution >= 4 is 21.3 Å². The molecule has 1 aromatic rings. The van der Waals surface area contributed by atoms with Crippen LogP contribution in [0.4, 0.5) is 11.5 Å². The summed E-state index contributed by atoms with van der Waals surface area (Å²) in [7, 11) is -3.28. The third-order valence-electron chi connectivity index (χ3n) is 4.56. The molecule has 1 aromatic heterocycles. The quantitative estimate of drug-likeness (QED) is 0.605. The lowest BCUT2D eigenvalue weighted by atomic mass is 10.0. The number of sulfone groups is 1. The minimum absolute atomic E-state index is 0.0650. The lowest BCUT2D eigenvalue weighted by molar-refractivity contribution is -0.384. The molecular weight excluding hydrogens is 320 g/mol. The summed E-state index contributed by atoms with van der Waals surface area (Å²) in [5, 5.41) is 20.4. The number of hydrogen-bond acceptors (Lipinski definition) is 7. The van der Waals surface area contributed by atoms with E-state index in [1.165, 1.54) is 12.3 Å². The summed E-state index contributed by atoms with van der Waals surface area (Å²) in [5.41, 5.74) is -0.442. The zero-order valence-corrected chi connectivity index (χ0v) is 13.8. The van der Waals surface area contributed by atoms with E-state index in [1.54, 1.807) is 24.8 Å². The van der Waals surface area contributed by atoms with E-state index in [2.05, 4.69) is 4.98 Å². The SMILES string of the molecule is CCC1(CC)CN(c2nccc(C#N)c2[N+](=O)[O-])CCS1(=O)=O. The fourth-order valence-electron chi connectivity index (χ4n) is 3.01. The predicted molar refractivity (Wildman–Crippen MR) is 84.9 cm³/mol. The Labute approximate surface area is 134 Å². The molecule has 0 bridgehead atoms. The first kappa shape index (κ1) is 17.1. The van der Waals surface area contributed by atoms with Crippen molar-refractivity contribution in [1.82, 2.24) is 4.98 Å². The topological polar surface area (TPSA) is 117 Å². The van der Waals surface area contributed by atoms with Gasteiger partial charge in [0, 0.05) is 19.3 Å². The number of anilines is 1. The lowest BCUT2D eigenvalue weighted by Gasteiger charge is -2.41. The van der Waals surface area contributed by atoms with Gasteiger partial charge in [-0.15, -0.1) is 0 Å². The van der Waals surface area contributed by atoms with E-state index in [0.717, 1.165) is 0 Å². The number of hydrogen-bond donors (Lipinski definition) is 0. The molecule has 0 unspecified atom stereocenters. The van der Waals surface area contributed by atoms with E-state index < -0.39 is 19.5 Å². The van der Waals surface area contributed by atoms with Crippen molar-refractivity contribution in [1.29, 1.82) is 5.26 Å². The van der Waals surface area contributed by atoms with Gasteiger partial charge in [-0.2, -0.15) is 5.26 Å². The molecule has 0 aliphatic carbocycles. The van der Waals surface area contributed by atoms with Crippen LogP contribution in [-0.4, -0.2) is 41.9 Å². The zero-order chi connectivity index (χ0) is 17.3. The van der Waals surface area contributed by atoms with Crippen LogP contribution < -0.4 is 4.90 Å². The minimum atomic E-state index is -3.28. The van der Waals surface area contributed by atoms with Gasteiger partial charge in [-0.1, -0.05) is 13.8 Å². The molecule has 0 aromatic carbocycles. The summed E-state index contributed by atoms with van der Waals surface area (Å²) in [6, 6.07) is 3.08. The summed E-state index contributed by atoms with van der Waals surface area (Å²) in [4.78, 5) is 16.4. The van der Waals surface area contributed by atoms with Gasteiger partial charge in [0.2, 0.25) is 5.82 Å². The number of pyridine rings is 1. The minimum Gasteiger partial charge on any atom is -0.348 e. The Kier molecular flexibility index (Phi) is 4.56. The number of nitro groups is 1. The van der Waals surface area contributed by atoms with Gasteiger partial charge in [-0.25, -0.2) is 13.4 Å². The van der Waals surface area contributed by atoms with Gasteiger partial charge in [0.15, 0.2) is 9.84 Å². The van der Waals surface area contributed by atoms with E-state index in [4.69, 9.17) is 5.26 Å². The largest absolute Gasteiger partial charge is 0.348 e. The highest BCUT2D eigenvalue weighted by Gasteiger charge is 2.46. The van der Waals surface area contributed by atoms with Crippen LogP contribution in [0.3, 0.4) is 0 Å². The van der Waals surface area contributed by atoms with Crippen molar-refractivity contribution in [2.75, 3.05) is 23.7 Å². The van der Waals surface area contributed by atoms with Crippen molar-refractivity contribution in [3.05, 3.63) is 27.9 Å². The van der Waals surface area contributed by atoms with Gasteiger partial charge < -0.3 is 4.90 Å². The van der Waals surface area contributed by atoms with Crippen LogP contribution in [0.25, 0.3) is 0 Å². The van der Waals surface area contributed by atoms with Gasteiger partial charge in [-0.3, -0.25) is 10.1 Å². The number of nitriles is 1. The highest BCUT2D eigenvalue weighted by atomic mass is 32.2. The maximum atomic E-state index is 12.5. The Bertz CT molecular complexity index is 765. The highest BCUT2D eigenvalue weighted by molar-refractivity contribution is 7.92. The Morgan fingerprint density at radius 2 is 2.13 bits per heavy atom. The Morgan fingerprint density at radius 1 is 1.48 bits per heavy atom. The third-order valence-corrected chi connectivity index (χ3v) is 7.31. The molecule has 1 saturated heterocycles. The van der Waals surface area contributed by atoms with Crippen molar-refractivity contribution in [3.63, 3.8) is 0 Å². The van der Waals surface area contributed by atoms with Crippen LogP contribution in [0.1, 0.15) is 32.3 Å². The van der Waals surface area contributed by atoms with Gasteiger partial charge >= 0.3 is 5.69 Å². The van der Waals surface area contributed by atoms with Gasteiger partial charge in [0.25, 0.3) is 0 Å². The normalized spacial score (nSPS) is 19.1. The zero-order valence-electron chi connectivity index (χ0n) is 13.0. The second-order valence-corrected chi connectivity index (χ2v) is 8.03. The van der Waals surface area contributed by atoms with Crippen molar-refractivity contribution < 1.29 is 13.3 Å². The van der Waals surface area contributed by atoms with Crippen LogP contribution in [0, 0.1) is 21.4 Å². The molecule has 8 nitrogen and oxygen atoms in total. The second kappa shape index (κ2) is 6.12. The fourth-order valence-corrected chi connectivity index (χ4v) is 5.14. The first-order valence-corrected chi connectivity index (χ1v) is 8.98. The van der Waals surface area contributed by atoms with E-state index in [1.807, 2.05) is 0 Å². The summed E-state index contributed by atoms with van der Waals surface area (Å²) in [6.45, 7) is 3.88. The fraction of sp³-hybridized carbons (Fsp3) is 0.571. The van der Waals surface area contributed by atoms with Crippen LogP contribution in [0.2, 0.25) is 0 Å². The molecule has 9 heteroatoms. The molecular formula is C14H18N4O4S. The van der Waals surface area contributed by atoms with Crippen LogP contribution in [0.15, 0.2) is 12.3 Å². The smallest absolute Gasteiger partial charge is 0.329 e. The summed E-state index contributed by atoms with van der Waals surface area (Å²) in [5.74, 6) is -0.0140. The average molecular weight is 338 g/mol. The third kappa shape index (κ3) is 2.74. The molecule has 0 radical (unpaired) electrons. The van der Waals surface area contributed by atoms with Crippen LogP contribution >= 0.6 is 0 Å². The Hall–Kier alpha value is -2.21. The lowest BCUT2D eigenvalue weighted by Crippen LogP contribution is -2.56. The van der Waals surface area contributed by atoms with E-state index in [9.17, 15) is 18.5 Å². The molecule has 0 atom stereocenters. The van der Waals surface area contributed by atoms with Crippen LogP contribution in [0.5, 0.6) is 0 Å². The monoisotopic (exact) mass is 338 g/mol. The van der Waals surface area contributed by atoms with E-state index in [0.29, 0.717) is 12.8 Å². The second-order valence-electron chi connectivity index (χ2n) is 5.53. The predicted octanol–water partition coefficient (Wildman–Crippen LogP) is 1.66. The molecule has 1 fully saturated rings. The Morgan fingerprint density at radius 3 is 2.65 bits per heavy atom. The molecule has 0 saturated carbocycles. The van der Waals surface area contributed by atoms with E-state index in [-0.39, 0.29) is 35.9 Å². The molecule has 124 valence electrons. The molecule has 0 spiro atoms.